The predicted octanol–water partition coefficient (Wildman–Crippen LogP) is 13.4. The maximum Gasteiger partial charge on any atom is 0.164 e. The molecule has 4 heterocycles. The zero-order valence-corrected chi connectivity index (χ0v) is 30.4. The van der Waals surface area contributed by atoms with Gasteiger partial charge in [0, 0.05) is 54.7 Å². The molecule has 4 aromatic heterocycles. The van der Waals surface area contributed by atoms with Crippen molar-refractivity contribution >= 4 is 65.7 Å². The van der Waals surface area contributed by atoms with E-state index in [9.17, 15) is 0 Å². The van der Waals surface area contributed by atoms with E-state index < -0.39 is 0 Å². The molecule has 0 atom stereocenters. The lowest BCUT2D eigenvalue weighted by Crippen LogP contribution is -2.00. The van der Waals surface area contributed by atoms with Crippen LogP contribution in [0.15, 0.2) is 191 Å². The summed E-state index contributed by atoms with van der Waals surface area (Å²) >= 11 is 0. The Kier molecular flexibility index (Phi) is 6.83. The zero-order valence-electron chi connectivity index (χ0n) is 30.4. The van der Waals surface area contributed by atoms with Crippen LogP contribution in [0.1, 0.15) is 0 Å². The average molecular weight is 731 g/mol. The van der Waals surface area contributed by atoms with E-state index in [1.165, 1.54) is 21.8 Å². The van der Waals surface area contributed by atoms with Crippen LogP contribution in [0.3, 0.4) is 0 Å². The number of nitrogens with zero attached hydrogens (tertiary/aromatic N) is 4. The Morgan fingerprint density at radius 2 is 0.789 bits per heavy atom. The number of benzene rings is 8. The Hall–Kier alpha value is -7.83. The highest BCUT2D eigenvalue weighted by Crippen LogP contribution is 2.39. The Bertz CT molecular complexity index is 3530. The Labute approximate surface area is 325 Å². The van der Waals surface area contributed by atoms with Crippen LogP contribution in [0.25, 0.3) is 117 Å². The van der Waals surface area contributed by atoms with E-state index in [0.717, 1.165) is 77.4 Å². The van der Waals surface area contributed by atoms with Crippen molar-refractivity contribution < 1.29 is 8.83 Å². The lowest BCUT2D eigenvalue weighted by atomic mass is 10.0. The minimum atomic E-state index is 0.589. The van der Waals surface area contributed by atoms with Gasteiger partial charge in [-0.1, -0.05) is 103 Å². The highest BCUT2D eigenvalue weighted by atomic mass is 16.3. The van der Waals surface area contributed by atoms with Gasteiger partial charge in [-0.2, -0.15) is 0 Å². The monoisotopic (exact) mass is 730 g/mol. The fourth-order valence-electron chi connectivity index (χ4n) is 8.32. The first-order valence-corrected chi connectivity index (χ1v) is 19.0. The largest absolute Gasteiger partial charge is 0.456 e. The van der Waals surface area contributed by atoms with Gasteiger partial charge in [-0.15, -0.1) is 0 Å². The molecule has 0 fully saturated rings. The average Bonchev–Trinajstić information content (AvgIpc) is 3.95. The molecule has 8 aromatic carbocycles. The van der Waals surface area contributed by atoms with Crippen LogP contribution < -0.4 is 0 Å². The molecule has 6 heteroatoms. The summed E-state index contributed by atoms with van der Waals surface area (Å²) in [5.74, 6) is 1.79. The summed E-state index contributed by atoms with van der Waals surface area (Å²) in [7, 11) is 0. The van der Waals surface area contributed by atoms with E-state index in [1.54, 1.807) is 0 Å². The SMILES string of the molecule is c1ccc(-c2nc(-c3ccc4oc5ccccc5c4c3)nc(-c3ccc4oc5cc(-c6ccc7c8ccccc8n(-c8ccccc8)c7c6)ccc5c4c3)n2)cc1. The van der Waals surface area contributed by atoms with Gasteiger partial charge in [-0.25, -0.2) is 15.0 Å². The number of rotatable bonds is 5. The van der Waals surface area contributed by atoms with Crippen LogP contribution in [-0.4, -0.2) is 19.5 Å². The standard InChI is InChI=1S/C51H30N4O2/c1-3-11-31(12-4-1)49-52-50(34-21-25-46-41(27-34)39-16-8-10-18-45(39)56-46)54-51(53-49)35-22-26-47-42(28-35)40-24-20-33(30-48(40)57-47)32-19-23-38-37-15-7-9-17-43(37)55(44(38)29-32)36-13-5-2-6-14-36/h1-30H. The van der Waals surface area contributed by atoms with E-state index in [-0.39, 0.29) is 0 Å². The topological polar surface area (TPSA) is 69.9 Å². The van der Waals surface area contributed by atoms with Crippen molar-refractivity contribution in [2.75, 3.05) is 0 Å². The third kappa shape index (κ3) is 5.08. The van der Waals surface area contributed by atoms with Crippen molar-refractivity contribution in [2.45, 2.75) is 0 Å². The highest BCUT2D eigenvalue weighted by molar-refractivity contribution is 6.11. The second-order valence-corrected chi connectivity index (χ2v) is 14.4. The predicted molar refractivity (Wildman–Crippen MR) is 230 cm³/mol. The molecular weight excluding hydrogens is 701 g/mol. The van der Waals surface area contributed by atoms with Crippen LogP contribution in [0.4, 0.5) is 0 Å². The van der Waals surface area contributed by atoms with Gasteiger partial charge < -0.3 is 13.4 Å². The smallest absolute Gasteiger partial charge is 0.164 e. The molecule has 0 aliphatic rings. The van der Waals surface area contributed by atoms with Gasteiger partial charge in [0.25, 0.3) is 0 Å². The number of hydrogen-bond acceptors (Lipinski definition) is 5. The molecule has 57 heavy (non-hydrogen) atoms. The zero-order chi connectivity index (χ0) is 37.5. The molecule has 0 spiro atoms. The van der Waals surface area contributed by atoms with Gasteiger partial charge >= 0.3 is 0 Å². The van der Waals surface area contributed by atoms with Gasteiger partial charge in [0.1, 0.15) is 22.3 Å². The summed E-state index contributed by atoms with van der Waals surface area (Å²) in [6.07, 6.45) is 0. The molecule has 0 saturated carbocycles. The summed E-state index contributed by atoms with van der Waals surface area (Å²) in [4.78, 5) is 15.1. The normalized spacial score (nSPS) is 11.9. The van der Waals surface area contributed by atoms with Gasteiger partial charge in [0.15, 0.2) is 17.5 Å². The lowest BCUT2D eigenvalue weighted by molar-refractivity contribution is 0.668. The van der Waals surface area contributed by atoms with Crippen molar-refractivity contribution in [2.24, 2.45) is 0 Å². The van der Waals surface area contributed by atoms with Crippen LogP contribution in [0.5, 0.6) is 0 Å². The maximum absolute atomic E-state index is 6.52. The molecule has 12 aromatic rings. The third-order valence-electron chi connectivity index (χ3n) is 11.1. The molecule has 0 unspecified atom stereocenters. The fourth-order valence-corrected chi connectivity index (χ4v) is 8.32. The summed E-state index contributed by atoms with van der Waals surface area (Å²) < 4.78 is 15.0. The van der Waals surface area contributed by atoms with E-state index in [2.05, 4.69) is 114 Å². The molecule has 0 N–H and O–H groups in total. The van der Waals surface area contributed by atoms with Gasteiger partial charge in [-0.3, -0.25) is 0 Å². The molecule has 0 aliphatic heterocycles. The van der Waals surface area contributed by atoms with Crippen molar-refractivity contribution in [1.82, 2.24) is 19.5 Å². The number of fused-ring (bicyclic) bond motifs is 9. The van der Waals surface area contributed by atoms with Crippen molar-refractivity contribution in [3.05, 3.63) is 182 Å². The Morgan fingerprint density at radius 1 is 0.298 bits per heavy atom. The lowest BCUT2D eigenvalue weighted by Gasteiger charge is -2.09. The van der Waals surface area contributed by atoms with E-state index in [4.69, 9.17) is 23.8 Å². The van der Waals surface area contributed by atoms with Crippen LogP contribution in [-0.2, 0) is 0 Å². The molecule has 266 valence electrons. The van der Waals surface area contributed by atoms with Crippen LogP contribution >= 0.6 is 0 Å². The summed E-state index contributed by atoms with van der Waals surface area (Å²) in [5, 5.41) is 6.58. The number of furan rings is 2. The maximum atomic E-state index is 6.52. The van der Waals surface area contributed by atoms with Crippen molar-refractivity contribution in [3.63, 3.8) is 0 Å². The van der Waals surface area contributed by atoms with E-state index >= 15 is 0 Å². The molecule has 6 nitrogen and oxygen atoms in total. The Morgan fingerprint density at radius 3 is 1.51 bits per heavy atom. The highest BCUT2D eigenvalue weighted by Gasteiger charge is 2.18. The molecule has 12 rings (SSSR count). The summed E-state index contributed by atoms with van der Waals surface area (Å²) in [6.45, 7) is 0. The second kappa shape index (κ2) is 12.3. The fraction of sp³-hybridized carbons (Fsp3) is 0. The third-order valence-corrected chi connectivity index (χ3v) is 11.1. The molecule has 0 saturated heterocycles. The second-order valence-electron chi connectivity index (χ2n) is 14.4. The number of para-hydroxylation sites is 3. The van der Waals surface area contributed by atoms with E-state index in [1.807, 2.05) is 72.8 Å². The molecule has 0 amide bonds. The van der Waals surface area contributed by atoms with Gasteiger partial charge in [-0.05, 0) is 90.0 Å². The quantitative estimate of drug-likeness (QED) is 0.176. The minimum Gasteiger partial charge on any atom is -0.456 e. The first-order chi connectivity index (χ1) is 28.2. The number of aromatic nitrogens is 4. The van der Waals surface area contributed by atoms with E-state index in [0.29, 0.717) is 17.5 Å². The van der Waals surface area contributed by atoms with Crippen LogP contribution in [0.2, 0.25) is 0 Å². The molecule has 0 radical (unpaired) electrons. The van der Waals surface area contributed by atoms with Gasteiger partial charge in [0.05, 0.1) is 11.0 Å². The number of hydrogen-bond donors (Lipinski definition) is 0. The molecule has 0 bridgehead atoms. The summed E-state index contributed by atoms with van der Waals surface area (Å²) in [5.41, 5.74) is 11.7. The first kappa shape index (κ1) is 31.5. The minimum absolute atomic E-state index is 0.589. The van der Waals surface area contributed by atoms with Crippen molar-refractivity contribution in [1.29, 1.82) is 0 Å². The first-order valence-electron chi connectivity index (χ1n) is 19.0. The van der Waals surface area contributed by atoms with Gasteiger partial charge in [0.2, 0.25) is 0 Å². The summed E-state index contributed by atoms with van der Waals surface area (Å²) in [6, 6.07) is 62.8. The molecule has 0 aliphatic carbocycles. The Balaban J connectivity index is 0.972. The molecular formula is C51H30N4O2. The van der Waals surface area contributed by atoms with Crippen LogP contribution in [0, 0.1) is 0 Å². The van der Waals surface area contributed by atoms with Crippen molar-refractivity contribution in [3.8, 4) is 51.0 Å².